The number of thiophene rings is 1. The molecule has 0 spiro atoms. The van der Waals surface area contributed by atoms with Crippen LogP contribution in [0, 0.1) is 0 Å². The van der Waals surface area contributed by atoms with Gasteiger partial charge < -0.3 is 0 Å². The zero-order valence-corrected chi connectivity index (χ0v) is 10.6. The second kappa shape index (κ2) is 4.57. The van der Waals surface area contributed by atoms with Crippen LogP contribution in [0.5, 0.6) is 0 Å². The second-order valence-electron chi connectivity index (χ2n) is 3.34. The van der Waals surface area contributed by atoms with Gasteiger partial charge in [-0.05, 0) is 46.7 Å². The molecule has 1 aromatic carbocycles. The summed E-state index contributed by atoms with van der Waals surface area (Å²) in [6.07, 6.45) is 0. The lowest BCUT2D eigenvalue weighted by molar-refractivity contribution is 0.595. The summed E-state index contributed by atoms with van der Waals surface area (Å²) < 4.78 is 23.9. The van der Waals surface area contributed by atoms with Crippen molar-refractivity contribution in [1.29, 1.82) is 0 Å². The predicted octanol–water partition coefficient (Wildman–Crippen LogP) is 3.38. The molecule has 0 fully saturated rings. The summed E-state index contributed by atoms with van der Waals surface area (Å²) in [4.78, 5) is 0.308. The second-order valence-corrected chi connectivity index (χ2v) is 6.55. The van der Waals surface area contributed by atoms with Gasteiger partial charge in [-0.1, -0.05) is 11.6 Å². The molecule has 0 amide bonds. The Morgan fingerprint density at radius 3 is 2.38 bits per heavy atom. The minimum absolute atomic E-state index is 0.0398. The average Bonchev–Trinajstić information content (AvgIpc) is 2.70. The summed E-state index contributed by atoms with van der Waals surface area (Å²) in [5, 5.41) is 4.25. The van der Waals surface area contributed by atoms with E-state index in [1.807, 2.05) is 16.8 Å². The minimum atomic E-state index is -3.25. The summed E-state index contributed by atoms with van der Waals surface area (Å²) >= 11 is 7.20. The molecule has 1 heterocycles. The molecule has 0 unspecified atom stereocenters. The Morgan fingerprint density at radius 2 is 1.81 bits per heavy atom. The molecular formula is C11H9ClO2S2. The van der Waals surface area contributed by atoms with E-state index in [2.05, 4.69) is 0 Å². The zero-order valence-electron chi connectivity index (χ0n) is 8.26. The molecular weight excluding hydrogens is 264 g/mol. The smallest absolute Gasteiger partial charge is 0.182 e. The van der Waals surface area contributed by atoms with E-state index >= 15 is 0 Å². The lowest BCUT2D eigenvalue weighted by Crippen LogP contribution is -2.03. The Hall–Kier alpha value is -0.840. The standard InChI is InChI=1S/C11H9ClO2S2/c12-10-1-3-11(4-2-10)16(13,14)8-9-5-6-15-7-9/h1-7H,8H2. The lowest BCUT2D eigenvalue weighted by atomic mass is 10.4. The number of sulfone groups is 1. The van der Waals surface area contributed by atoms with Crippen LogP contribution in [0.15, 0.2) is 46.0 Å². The summed E-state index contributed by atoms with van der Waals surface area (Å²) in [5.41, 5.74) is 0.819. The number of hydrogen-bond acceptors (Lipinski definition) is 3. The fourth-order valence-corrected chi connectivity index (χ4v) is 3.56. The van der Waals surface area contributed by atoms with Crippen molar-refractivity contribution in [3.05, 3.63) is 51.7 Å². The van der Waals surface area contributed by atoms with Gasteiger partial charge in [0.25, 0.3) is 0 Å². The quantitative estimate of drug-likeness (QED) is 0.858. The fourth-order valence-electron chi connectivity index (χ4n) is 1.32. The van der Waals surface area contributed by atoms with Crippen LogP contribution < -0.4 is 0 Å². The maximum atomic E-state index is 12.0. The van der Waals surface area contributed by atoms with Crippen molar-refractivity contribution in [2.75, 3.05) is 0 Å². The average molecular weight is 273 g/mol. The van der Waals surface area contributed by atoms with Crippen LogP contribution in [0.25, 0.3) is 0 Å². The molecule has 0 aliphatic heterocycles. The highest BCUT2D eigenvalue weighted by Crippen LogP contribution is 2.19. The molecule has 2 aromatic rings. The van der Waals surface area contributed by atoms with Crippen molar-refractivity contribution in [3.8, 4) is 0 Å². The maximum Gasteiger partial charge on any atom is 0.182 e. The molecule has 0 aliphatic rings. The molecule has 5 heteroatoms. The molecule has 2 rings (SSSR count). The van der Waals surface area contributed by atoms with Crippen LogP contribution in [0.3, 0.4) is 0 Å². The Bertz CT molecular complexity index is 557. The number of rotatable bonds is 3. The third-order valence-electron chi connectivity index (χ3n) is 2.11. The van der Waals surface area contributed by atoms with Crippen molar-refractivity contribution in [3.63, 3.8) is 0 Å². The highest BCUT2D eigenvalue weighted by Gasteiger charge is 2.15. The molecule has 0 atom stereocenters. The summed E-state index contributed by atoms with van der Waals surface area (Å²) in [7, 11) is -3.25. The molecule has 16 heavy (non-hydrogen) atoms. The van der Waals surface area contributed by atoms with Gasteiger partial charge in [0.1, 0.15) is 0 Å². The van der Waals surface area contributed by atoms with E-state index in [0.717, 1.165) is 5.56 Å². The SMILES string of the molecule is O=S(=O)(Cc1ccsc1)c1ccc(Cl)cc1. The van der Waals surface area contributed by atoms with Gasteiger partial charge in [0.05, 0.1) is 10.6 Å². The van der Waals surface area contributed by atoms with E-state index in [-0.39, 0.29) is 5.75 Å². The third kappa shape index (κ3) is 2.64. The van der Waals surface area contributed by atoms with E-state index in [4.69, 9.17) is 11.6 Å². The lowest BCUT2D eigenvalue weighted by Gasteiger charge is -2.02. The number of benzene rings is 1. The van der Waals surface area contributed by atoms with Crippen molar-refractivity contribution >= 4 is 32.8 Å². The van der Waals surface area contributed by atoms with Crippen LogP contribution in [-0.2, 0) is 15.6 Å². The van der Waals surface area contributed by atoms with Gasteiger partial charge in [-0.25, -0.2) is 8.42 Å². The molecule has 0 saturated heterocycles. The minimum Gasteiger partial charge on any atom is -0.223 e. The molecule has 0 radical (unpaired) electrons. The van der Waals surface area contributed by atoms with Crippen molar-refractivity contribution < 1.29 is 8.42 Å². The number of halogens is 1. The topological polar surface area (TPSA) is 34.1 Å². The predicted molar refractivity (Wildman–Crippen MR) is 66.7 cm³/mol. The van der Waals surface area contributed by atoms with E-state index < -0.39 is 9.84 Å². The summed E-state index contributed by atoms with van der Waals surface area (Å²) in [6, 6.07) is 8.05. The monoisotopic (exact) mass is 272 g/mol. The van der Waals surface area contributed by atoms with Gasteiger partial charge in [0.15, 0.2) is 9.84 Å². The Labute approximate surface area is 103 Å². The van der Waals surface area contributed by atoms with Gasteiger partial charge in [0, 0.05) is 5.02 Å². The van der Waals surface area contributed by atoms with E-state index in [9.17, 15) is 8.42 Å². The zero-order chi connectivity index (χ0) is 11.6. The van der Waals surface area contributed by atoms with Gasteiger partial charge in [-0.3, -0.25) is 0 Å². The van der Waals surface area contributed by atoms with Gasteiger partial charge in [0.2, 0.25) is 0 Å². The first-order valence-corrected chi connectivity index (χ1v) is 7.55. The highest BCUT2D eigenvalue weighted by molar-refractivity contribution is 7.90. The summed E-state index contributed by atoms with van der Waals surface area (Å²) in [6.45, 7) is 0. The van der Waals surface area contributed by atoms with Crippen LogP contribution in [0.4, 0.5) is 0 Å². The first kappa shape index (κ1) is 11.6. The molecule has 0 aliphatic carbocycles. The molecule has 0 saturated carbocycles. The molecule has 1 aromatic heterocycles. The Morgan fingerprint density at radius 1 is 1.12 bits per heavy atom. The van der Waals surface area contributed by atoms with Crippen LogP contribution >= 0.6 is 22.9 Å². The van der Waals surface area contributed by atoms with Crippen molar-refractivity contribution in [1.82, 2.24) is 0 Å². The van der Waals surface area contributed by atoms with E-state index in [1.54, 1.807) is 12.1 Å². The van der Waals surface area contributed by atoms with Crippen LogP contribution in [0.1, 0.15) is 5.56 Å². The maximum absolute atomic E-state index is 12.0. The normalized spacial score (nSPS) is 11.6. The molecule has 0 bridgehead atoms. The van der Waals surface area contributed by atoms with E-state index in [0.29, 0.717) is 9.92 Å². The first-order chi connectivity index (χ1) is 7.58. The first-order valence-electron chi connectivity index (χ1n) is 4.57. The fraction of sp³-hybridized carbons (Fsp3) is 0.0909. The molecule has 84 valence electrons. The van der Waals surface area contributed by atoms with Gasteiger partial charge >= 0.3 is 0 Å². The van der Waals surface area contributed by atoms with Crippen LogP contribution in [0.2, 0.25) is 5.02 Å². The van der Waals surface area contributed by atoms with E-state index in [1.165, 1.54) is 23.5 Å². The molecule has 2 nitrogen and oxygen atoms in total. The van der Waals surface area contributed by atoms with Crippen LogP contribution in [-0.4, -0.2) is 8.42 Å². The largest absolute Gasteiger partial charge is 0.223 e. The Kier molecular flexibility index (Phi) is 3.33. The third-order valence-corrected chi connectivity index (χ3v) is 4.80. The van der Waals surface area contributed by atoms with Crippen molar-refractivity contribution in [2.45, 2.75) is 10.6 Å². The van der Waals surface area contributed by atoms with Gasteiger partial charge in [-0.15, -0.1) is 0 Å². The summed E-state index contributed by atoms with van der Waals surface area (Å²) in [5.74, 6) is 0.0398. The van der Waals surface area contributed by atoms with Gasteiger partial charge in [-0.2, -0.15) is 11.3 Å². The molecule has 0 N–H and O–H groups in total. The number of hydrogen-bond donors (Lipinski definition) is 0. The van der Waals surface area contributed by atoms with Crippen molar-refractivity contribution in [2.24, 2.45) is 0 Å². The highest BCUT2D eigenvalue weighted by atomic mass is 35.5. The Balaban J connectivity index is 2.29.